The summed E-state index contributed by atoms with van der Waals surface area (Å²) < 4.78 is 0. The lowest BCUT2D eigenvalue weighted by Gasteiger charge is -2.20. The fraction of sp³-hybridized carbons (Fsp3) is 0.417. The zero-order valence-corrected chi connectivity index (χ0v) is 12.2. The molecule has 1 amide bonds. The molecule has 0 spiro atoms. The van der Waals surface area contributed by atoms with Crippen molar-refractivity contribution < 1.29 is 9.72 Å². The van der Waals surface area contributed by atoms with E-state index in [1.807, 2.05) is 4.90 Å². The normalized spacial score (nSPS) is 10.6. The summed E-state index contributed by atoms with van der Waals surface area (Å²) in [7, 11) is 0. The fourth-order valence-corrected chi connectivity index (χ4v) is 2.03. The molecule has 0 saturated heterocycles. The van der Waals surface area contributed by atoms with Crippen molar-refractivity contribution in [2.24, 2.45) is 0 Å². The van der Waals surface area contributed by atoms with Crippen molar-refractivity contribution in [3.05, 3.63) is 39.9 Å². The first-order valence-corrected chi connectivity index (χ1v) is 7.02. The van der Waals surface area contributed by atoms with Crippen LogP contribution in [-0.2, 0) is 0 Å². The predicted molar refractivity (Wildman–Crippen MR) is 78.4 cm³/mol. The molecule has 1 rings (SSSR count). The molecule has 8 heteroatoms. The first-order chi connectivity index (χ1) is 9.58. The predicted octanol–water partition coefficient (Wildman–Crippen LogP) is 2.06. The maximum Gasteiger partial charge on any atom is 0.270 e. The number of carbonyl (C=O) groups excluding carboxylic acids is 1. The van der Waals surface area contributed by atoms with Crippen molar-refractivity contribution in [2.45, 2.75) is 0 Å². The van der Waals surface area contributed by atoms with Gasteiger partial charge in [-0.05, 0) is 6.07 Å². The van der Waals surface area contributed by atoms with E-state index in [9.17, 15) is 14.9 Å². The van der Waals surface area contributed by atoms with Gasteiger partial charge in [0.15, 0.2) is 0 Å². The molecule has 0 saturated carbocycles. The lowest BCUT2D eigenvalue weighted by molar-refractivity contribution is -0.384. The van der Waals surface area contributed by atoms with E-state index < -0.39 is 4.92 Å². The van der Waals surface area contributed by atoms with Gasteiger partial charge in [-0.2, -0.15) is 0 Å². The zero-order chi connectivity index (χ0) is 15.0. The number of rotatable bonds is 8. The second-order valence-electron chi connectivity index (χ2n) is 3.97. The molecule has 0 aromatic heterocycles. The summed E-state index contributed by atoms with van der Waals surface area (Å²) >= 11 is 11.3. The Morgan fingerprint density at radius 3 is 2.50 bits per heavy atom. The Balaban J connectivity index is 2.61. The van der Waals surface area contributed by atoms with E-state index in [0.29, 0.717) is 31.5 Å². The highest BCUT2D eigenvalue weighted by Gasteiger charge is 2.12. The summed E-state index contributed by atoms with van der Waals surface area (Å²) in [5, 5.41) is 13.3. The Kier molecular flexibility index (Phi) is 7.28. The Hall–Kier alpha value is -1.37. The number of halogens is 2. The molecule has 0 heterocycles. The van der Waals surface area contributed by atoms with Crippen molar-refractivity contribution in [3.63, 3.8) is 0 Å². The van der Waals surface area contributed by atoms with Gasteiger partial charge in [0.1, 0.15) is 0 Å². The Labute approximate surface area is 126 Å². The average Bonchev–Trinajstić information content (AvgIpc) is 2.45. The summed E-state index contributed by atoms with van der Waals surface area (Å²) in [6.07, 6.45) is 0. The molecular formula is C12H15Cl2N3O3. The largest absolute Gasteiger partial charge is 0.339 e. The van der Waals surface area contributed by atoms with Gasteiger partial charge in [-0.3, -0.25) is 19.8 Å². The van der Waals surface area contributed by atoms with Gasteiger partial charge in [0.2, 0.25) is 0 Å². The summed E-state index contributed by atoms with van der Waals surface area (Å²) in [6.45, 7) is 1.49. The maximum absolute atomic E-state index is 11.9. The van der Waals surface area contributed by atoms with E-state index >= 15 is 0 Å². The molecule has 0 fully saturated rings. The van der Waals surface area contributed by atoms with Crippen LogP contribution in [0, 0.1) is 10.1 Å². The highest BCUT2D eigenvalue weighted by Crippen LogP contribution is 2.12. The molecule has 6 nitrogen and oxygen atoms in total. The molecule has 0 unspecified atom stereocenters. The third-order valence-electron chi connectivity index (χ3n) is 2.58. The van der Waals surface area contributed by atoms with Crippen LogP contribution in [0.15, 0.2) is 24.3 Å². The van der Waals surface area contributed by atoms with Crippen LogP contribution in [0.3, 0.4) is 0 Å². The average molecular weight is 320 g/mol. The smallest absolute Gasteiger partial charge is 0.270 e. The lowest BCUT2D eigenvalue weighted by atomic mass is 10.2. The van der Waals surface area contributed by atoms with Crippen LogP contribution < -0.4 is 5.32 Å². The van der Waals surface area contributed by atoms with Crippen molar-refractivity contribution in [1.82, 2.24) is 10.2 Å². The molecule has 0 radical (unpaired) electrons. The van der Waals surface area contributed by atoms with Gasteiger partial charge < -0.3 is 5.32 Å². The highest BCUT2D eigenvalue weighted by atomic mass is 35.5. The Bertz CT molecular complexity index is 465. The van der Waals surface area contributed by atoms with Gasteiger partial charge in [-0.25, -0.2) is 0 Å². The second-order valence-corrected chi connectivity index (χ2v) is 4.72. The second kappa shape index (κ2) is 8.73. The van der Waals surface area contributed by atoms with Gasteiger partial charge in [0.25, 0.3) is 11.6 Å². The SMILES string of the molecule is O=C(NCN(CCCl)CCCl)c1cccc([N+](=O)[O-])c1. The number of nitro benzene ring substituents is 1. The number of hydrogen-bond donors (Lipinski definition) is 1. The number of benzene rings is 1. The maximum atomic E-state index is 11.9. The standard InChI is InChI=1S/C12H15Cl2N3O3/c13-4-6-16(7-5-14)9-15-12(18)10-2-1-3-11(8-10)17(19)20/h1-3,8H,4-7,9H2,(H,15,18). The summed E-state index contributed by atoms with van der Waals surface area (Å²) in [5.74, 6) is 0.496. The molecule has 0 aliphatic heterocycles. The molecule has 0 aliphatic rings. The van der Waals surface area contributed by atoms with Gasteiger partial charge in [0, 0.05) is 42.5 Å². The summed E-state index contributed by atoms with van der Waals surface area (Å²) in [4.78, 5) is 23.9. The van der Waals surface area contributed by atoms with Crippen LogP contribution in [0.2, 0.25) is 0 Å². The first-order valence-electron chi connectivity index (χ1n) is 5.95. The first kappa shape index (κ1) is 16.7. The van der Waals surface area contributed by atoms with E-state index in [1.165, 1.54) is 24.3 Å². The minimum atomic E-state index is -0.538. The molecule has 1 N–H and O–H groups in total. The Morgan fingerprint density at radius 2 is 1.95 bits per heavy atom. The monoisotopic (exact) mass is 319 g/mol. The fourth-order valence-electron chi connectivity index (χ4n) is 1.56. The molecule has 1 aromatic carbocycles. The van der Waals surface area contributed by atoms with Crippen LogP contribution in [0.4, 0.5) is 5.69 Å². The number of amides is 1. The van der Waals surface area contributed by atoms with E-state index in [1.54, 1.807) is 0 Å². The van der Waals surface area contributed by atoms with Crippen LogP contribution in [0.1, 0.15) is 10.4 Å². The van der Waals surface area contributed by atoms with Crippen molar-refractivity contribution in [1.29, 1.82) is 0 Å². The van der Waals surface area contributed by atoms with Gasteiger partial charge in [-0.15, -0.1) is 23.2 Å². The number of alkyl halides is 2. The molecule has 0 atom stereocenters. The minimum absolute atomic E-state index is 0.115. The van der Waals surface area contributed by atoms with Crippen LogP contribution >= 0.6 is 23.2 Å². The van der Waals surface area contributed by atoms with Crippen molar-refractivity contribution >= 4 is 34.8 Å². The van der Waals surface area contributed by atoms with Gasteiger partial charge >= 0.3 is 0 Å². The van der Waals surface area contributed by atoms with E-state index in [4.69, 9.17) is 23.2 Å². The summed E-state index contributed by atoms with van der Waals surface area (Å²) in [6, 6.07) is 5.57. The molecular weight excluding hydrogens is 305 g/mol. The van der Waals surface area contributed by atoms with Crippen LogP contribution in [0.5, 0.6) is 0 Å². The lowest BCUT2D eigenvalue weighted by Crippen LogP contribution is -2.39. The van der Waals surface area contributed by atoms with Gasteiger partial charge in [0.05, 0.1) is 11.6 Å². The topological polar surface area (TPSA) is 75.5 Å². The number of hydrogen-bond acceptors (Lipinski definition) is 4. The molecule has 0 aliphatic carbocycles. The van der Waals surface area contributed by atoms with E-state index in [0.717, 1.165) is 0 Å². The molecule has 1 aromatic rings. The van der Waals surface area contributed by atoms with E-state index in [-0.39, 0.29) is 17.2 Å². The van der Waals surface area contributed by atoms with Gasteiger partial charge in [-0.1, -0.05) is 6.07 Å². The van der Waals surface area contributed by atoms with Crippen molar-refractivity contribution in [2.75, 3.05) is 31.5 Å². The molecule has 0 bridgehead atoms. The van der Waals surface area contributed by atoms with Crippen LogP contribution in [-0.4, -0.2) is 47.2 Å². The van der Waals surface area contributed by atoms with Crippen molar-refractivity contribution in [3.8, 4) is 0 Å². The number of carbonyl (C=O) groups is 1. The highest BCUT2D eigenvalue weighted by molar-refractivity contribution is 6.18. The minimum Gasteiger partial charge on any atom is -0.339 e. The third-order valence-corrected chi connectivity index (χ3v) is 2.92. The number of non-ortho nitro benzene ring substituents is 1. The van der Waals surface area contributed by atoms with Crippen LogP contribution in [0.25, 0.3) is 0 Å². The zero-order valence-electron chi connectivity index (χ0n) is 10.7. The number of nitro groups is 1. The third kappa shape index (κ3) is 5.32. The van der Waals surface area contributed by atoms with E-state index in [2.05, 4.69) is 5.32 Å². The Morgan fingerprint density at radius 1 is 1.30 bits per heavy atom. The summed E-state index contributed by atoms with van der Waals surface area (Å²) in [5.41, 5.74) is 0.131. The molecule has 110 valence electrons. The number of nitrogens with zero attached hydrogens (tertiary/aromatic N) is 2. The quantitative estimate of drug-likeness (QED) is 0.344. The number of nitrogens with one attached hydrogen (secondary N) is 1. The molecule has 20 heavy (non-hydrogen) atoms.